The number of anilines is 1. The molecule has 24 heavy (non-hydrogen) atoms. The number of aliphatic hydroxyl groups excluding tert-OH is 1. The Hall–Kier alpha value is -2.60. The summed E-state index contributed by atoms with van der Waals surface area (Å²) in [5.74, 6) is 1.16. The number of hydrogen-bond acceptors (Lipinski definition) is 5. The van der Waals surface area contributed by atoms with Gasteiger partial charge in [-0.1, -0.05) is 18.2 Å². The normalized spacial score (nSPS) is 17.1. The lowest BCUT2D eigenvalue weighted by Gasteiger charge is -2.19. The second-order valence-corrected chi connectivity index (χ2v) is 5.94. The Bertz CT molecular complexity index is 730. The van der Waals surface area contributed by atoms with Crippen molar-refractivity contribution in [1.82, 2.24) is 0 Å². The van der Waals surface area contributed by atoms with Crippen LogP contribution in [0.4, 0.5) is 11.4 Å². The van der Waals surface area contributed by atoms with Crippen LogP contribution in [0.2, 0.25) is 0 Å². The van der Waals surface area contributed by atoms with Gasteiger partial charge < -0.3 is 14.7 Å². The maximum absolute atomic E-state index is 11.4. The number of ether oxygens (including phenoxy) is 1. The highest BCUT2D eigenvalue weighted by molar-refractivity contribution is 5.65. The van der Waals surface area contributed by atoms with Gasteiger partial charge in [-0.3, -0.25) is 10.1 Å². The topological polar surface area (TPSA) is 75.8 Å². The molecule has 0 spiro atoms. The lowest BCUT2D eigenvalue weighted by atomic mass is 9.98. The third kappa shape index (κ3) is 3.19. The van der Waals surface area contributed by atoms with Gasteiger partial charge >= 0.3 is 0 Å². The minimum atomic E-state index is -0.380. The maximum atomic E-state index is 11.4. The Morgan fingerprint density at radius 2 is 2.04 bits per heavy atom. The molecule has 1 aliphatic heterocycles. The van der Waals surface area contributed by atoms with E-state index in [1.807, 2.05) is 17.0 Å². The second-order valence-electron chi connectivity index (χ2n) is 5.94. The number of nitro groups is 1. The molecule has 0 saturated carbocycles. The molecule has 1 fully saturated rings. The summed E-state index contributed by atoms with van der Waals surface area (Å²) >= 11 is 0. The summed E-state index contributed by atoms with van der Waals surface area (Å²) in [5.41, 5.74) is 2.44. The summed E-state index contributed by atoms with van der Waals surface area (Å²) in [6, 6.07) is 12.9. The molecule has 6 heteroatoms. The first-order valence-corrected chi connectivity index (χ1v) is 7.89. The summed E-state index contributed by atoms with van der Waals surface area (Å²) in [6.45, 7) is 1.32. The van der Waals surface area contributed by atoms with Crippen molar-refractivity contribution < 1.29 is 14.8 Å². The first-order valence-electron chi connectivity index (χ1n) is 7.89. The molecule has 1 aliphatic rings. The molecule has 0 unspecified atom stereocenters. The smallest absolute Gasteiger partial charge is 0.292 e. The van der Waals surface area contributed by atoms with E-state index in [-0.39, 0.29) is 17.2 Å². The molecule has 2 aromatic carbocycles. The zero-order valence-corrected chi connectivity index (χ0v) is 13.5. The van der Waals surface area contributed by atoms with E-state index >= 15 is 0 Å². The van der Waals surface area contributed by atoms with Crippen molar-refractivity contribution in [1.29, 1.82) is 0 Å². The van der Waals surface area contributed by atoms with E-state index in [0.717, 1.165) is 25.3 Å². The molecule has 2 aromatic rings. The van der Waals surface area contributed by atoms with Crippen LogP contribution in [-0.2, 0) is 6.61 Å². The fourth-order valence-corrected chi connectivity index (χ4v) is 3.21. The molecule has 0 aliphatic carbocycles. The summed E-state index contributed by atoms with van der Waals surface area (Å²) in [6.07, 6.45) is 0.950. The fourth-order valence-electron chi connectivity index (χ4n) is 3.21. The third-order valence-electron chi connectivity index (χ3n) is 4.54. The van der Waals surface area contributed by atoms with Gasteiger partial charge in [-0.2, -0.15) is 0 Å². The number of nitro benzene ring substituents is 1. The monoisotopic (exact) mass is 328 g/mol. The van der Waals surface area contributed by atoms with Crippen molar-refractivity contribution in [2.24, 2.45) is 0 Å². The highest BCUT2D eigenvalue weighted by Crippen LogP contribution is 2.36. The number of nitrogens with zero attached hydrogens (tertiary/aromatic N) is 2. The second kappa shape index (κ2) is 6.88. The number of aliphatic hydroxyl groups is 1. The van der Waals surface area contributed by atoms with Gasteiger partial charge in [0, 0.05) is 25.1 Å². The van der Waals surface area contributed by atoms with Gasteiger partial charge in [-0.25, -0.2) is 0 Å². The van der Waals surface area contributed by atoms with Crippen LogP contribution in [0, 0.1) is 10.1 Å². The largest absolute Gasteiger partial charge is 0.497 e. The van der Waals surface area contributed by atoms with Crippen LogP contribution >= 0.6 is 0 Å². The van der Waals surface area contributed by atoms with Crippen LogP contribution in [-0.4, -0.2) is 30.2 Å². The lowest BCUT2D eigenvalue weighted by Crippen LogP contribution is -2.20. The van der Waals surface area contributed by atoms with Crippen molar-refractivity contribution in [2.45, 2.75) is 18.9 Å². The predicted octanol–water partition coefficient (Wildman–Crippen LogP) is 3.09. The molecule has 0 amide bonds. The molecular weight excluding hydrogens is 308 g/mol. The minimum absolute atomic E-state index is 0.0527. The van der Waals surface area contributed by atoms with Crippen molar-refractivity contribution in [3.05, 3.63) is 63.7 Å². The first-order chi connectivity index (χ1) is 11.6. The van der Waals surface area contributed by atoms with E-state index in [4.69, 9.17) is 4.74 Å². The van der Waals surface area contributed by atoms with Gasteiger partial charge in [0.05, 0.1) is 18.6 Å². The van der Waals surface area contributed by atoms with Crippen molar-refractivity contribution >= 4 is 11.4 Å². The fraction of sp³-hybridized carbons (Fsp3) is 0.333. The standard InChI is InChI=1S/C18H20N2O4/c1-24-16-5-3-14(4-6-16)15-8-9-19(11-15)17-7-2-13(12-21)10-18(17)20(22)23/h2-7,10,15,21H,8-9,11-12H2,1H3/t15-/m1/s1. The van der Waals surface area contributed by atoms with E-state index in [9.17, 15) is 15.2 Å². The van der Waals surface area contributed by atoms with Gasteiger partial charge in [0.15, 0.2) is 0 Å². The van der Waals surface area contributed by atoms with Crippen LogP contribution in [0.1, 0.15) is 23.5 Å². The van der Waals surface area contributed by atoms with Gasteiger partial charge in [0.1, 0.15) is 11.4 Å². The predicted molar refractivity (Wildman–Crippen MR) is 91.6 cm³/mol. The Labute approximate surface area is 140 Å². The molecule has 6 nitrogen and oxygen atoms in total. The molecule has 1 N–H and O–H groups in total. The maximum Gasteiger partial charge on any atom is 0.292 e. The first kappa shape index (κ1) is 16.3. The highest BCUT2D eigenvalue weighted by atomic mass is 16.6. The summed E-state index contributed by atoms with van der Waals surface area (Å²) in [7, 11) is 1.64. The minimum Gasteiger partial charge on any atom is -0.497 e. The van der Waals surface area contributed by atoms with Crippen molar-refractivity contribution in [3.63, 3.8) is 0 Å². The number of hydrogen-bond donors (Lipinski definition) is 1. The molecule has 0 bridgehead atoms. The number of methoxy groups -OCH3 is 1. The third-order valence-corrected chi connectivity index (χ3v) is 4.54. The van der Waals surface area contributed by atoms with Crippen LogP contribution in [0.15, 0.2) is 42.5 Å². The molecule has 1 saturated heterocycles. The zero-order valence-electron chi connectivity index (χ0n) is 13.5. The van der Waals surface area contributed by atoms with Gasteiger partial charge in [-0.05, 0) is 35.7 Å². The van der Waals surface area contributed by atoms with Gasteiger partial charge in [-0.15, -0.1) is 0 Å². The Morgan fingerprint density at radius 1 is 1.29 bits per heavy atom. The lowest BCUT2D eigenvalue weighted by molar-refractivity contribution is -0.384. The van der Waals surface area contributed by atoms with Gasteiger partial charge in [0.2, 0.25) is 0 Å². The van der Waals surface area contributed by atoms with Crippen molar-refractivity contribution in [3.8, 4) is 5.75 Å². The van der Waals surface area contributed by atoms with Crippen LogP contribution in [0.25, 0.3) is 0 Å². The SMILES string of the molecule is COc1ccc([C@@H]2CCN(c3ccc(CO)cc3[N+](=O)[O-])C2)cc1. The summed E-state index contributed by atoms with van der Waals surface area (Å²) < 4.78 is 5.18. The average Bonchev–Trinajstić information content (AvgIpc) is 3.11. The highest BCUT2D eigenvalue weighted by Gasteiger charge is 2.28. The number of benzene rings is 2. The van der Waals surface area contributed by atoms with E-state index in [0.29, 0.717) is 17.2 Å². The Morgan fingerprint density at radius 3 is 2.67 bits per heavy atom. The molecule has 0 radical (unpaired) electrons. The van der Waals surface area contributed by atoms with E-state index < -0.39 is 0 Å². The Kier molecular flexibility index (Phi) is 4.66. The summed E-state index contributed by atoms with van der Waals surface area (Å²) in [4.78, 5) is 13.0. The molecule has 3 rings (SSSR count). The quantitative estimate of drug-likeness (QED) is 0.674. The molecule has 0 aromatic heterocycles. The zero-order chi connectivity index (χ0) is 17.1. The van der Waals surface area contributed by atoms with E-state index in [2.05, 4.69) is 12.1 Å². The van der Waals surface area contributed by atoms with Crippen LogP contribution < -0.4 is 9.64 Å². The van der Waals surface area contributed by atoms with Crippen LogP contribution in [0.5, 0.6) is 5.75 Å². The molecule has 126 valence electrons. The summed E-state index contributed by atoms with van der Waals surface area (Å²) in [5, 5.41) is 20.5. The van der Waals surface area contributed by atoms with Crippen LogP contribution in [0.3, 0.4) is 0 Å². The van der Waals surface area contributed by atoms with Crippen molar-refractivity contribution in [2.75, 3.05) is 25.1 Å². The number of rotatable bonds is 5. The average molecular weight is 328 g/mol. The Balaban J connectivity index is 1.81. The molecule has 1 heterocycles. The van der Waals surface area contributed by atoms with Gasteiger partial charge in [0.25, 0.3) is 5.69 Å². The van der Waals surface area contributed by atoms with E-state index in [1.54, 1.807) is 19.2 Å². The van der Waals surface area contributed by atoms with E-state index in [1.165, 1.54) is 11.6 Å². The molecule has 1 atom stereocenters. The molecular formula is C18H20N2O4.